The van der Waals surface area contributed by atoms with Crippen LogP contribution in [-0.4, -0.2) is 97.4 Å². The second kappa shape index (κ2) is 15.4. The topological polar surface area (TPSA) is 193 Å². The minimum absolute atomic E-state index is 0.0262. The van der Waals surface area contributed by atoms with Gasteiger partial charge >= 0.3 is 18.4 Å². The first-order chi connectivity index (χ1) is 25.8. The van der Waals surface area contributed by atoms with Gasteiger partial charge in [0.2, 0.25) is 21.8 Å². The fourth-order valence-electron chi connectivity index (χ4n) is 6.97. The molecule has 0 bridgehead atoms. The maximum Gasteiger partial charge on any atom is 0.416 e. The molecule has 310 valence electrons. The molecule has 2 saturated heterocycles. The summed E-state index contributed by atoms with van der Waals surface area (Å²) in [5, 5.41) is 6.92. The van der Waals surface area contributed by atoms with Gasteiger partial charge in [-0.1, -0.05) is 26.8 Å². The summed E-state index contributed by atoms with van der Waals surface area (Å²) in [6.07, 6.45) is -4.42. The Balaban J connectivity index is 1.41. The molecule has 1 aromatic rings. The molecule has 19 heteroatoms. The Labute approximate surface area is 324 Å². The van der Waals surface area contributed by atoms with Gasteiger partial charge in [0.05, 0.1) is 28.7 Å². The molecule has 2 heterocycles. The molecule has 5 unspecified atom stereocenters. The Morgan fingerprint density at radius 3 is 2.18 bits per heavy atom. The van der Waals surface area contributed by atoms with E-state index in [9.17, 15) is 45.6 Å². The predicted octanol–water partition coefficient (Wildman–Crippen LogP) is 4.43. The third-order valence-corrected chi connectivity index (χ3v) is 12.0. The summed E-state index contributed by atoms with van der Waals surface area (Å²) in [6.45, 7) is 14.4. The quantitative estimate of drug-likeness (QED) is 0.233. The molecule has 2 saturated carbocycles. The summed E-state index contributed by atoms with van der Waals surface area (Å²) < 4.78 is 79.5. The van der Waals surface area contributed by atoms with Crippen LogP contribution in [0.1, 0.15) is 85.6 Å². The van der Waals surface area contributed by atoms with Crippen LogP contribution < -0.4 is 25.6 Å². The van der Waals surface area contributed by atoms with Crippen LogP contribution in [0.3, 0.4) is 0 Å². The first-order valence-electron chi connectivity index (χ1n) is 18.6. The van der Waals surface area contributed by atoms with Crippen molar-refractivity contribution >= 4 is 51.3 Å². The number of hydrogen-bond acceptors (Lipinski definition) is 10. The first kappa shape index (κ1) is 42.6. The minimum atomic E-state index is -4.70. The third-order valence-electron chi connectivity index (χ3n) is 10.2. The fraction of sp³-hybridized carbons (Fsp3) is 0.649. The molecule has 5 atom stereocenters. The Kier molecular flexibility index (Phi) is 11.7. The number of hydrogen-bond donors (Lipinski definition) is 4. The maximum absolute atomic E-state index is 14.4. The van der Waals surface area contributed by atoms with E-state index in [-0.39, 0.29) is 25.1 Å². The number of amides is 5. The van der Waals surface area contributed by atoms with Gasteiger partial charge in [0.15, 0.2) is 0 Å². The van der Waals surface area contributed by atoms with Crippen molar-refractivity contribution in [1.29, 1.82) is 0 Å². The van der Waals surface area contributed by atoms with Crippen molar-refractivity contribution in [3.8, 4) is 0 Å². The van der Waals surface area contributed by atoms with E-state index >= 15 is 0 Å². The second-order valence-corrected chi connectivity index (χ2v) is 18.9. The summed E-state index contributed by atoms with van der Waals surface area (Å²) >= 11 is 0. The van der Waals surface area contributed by atoms with E-state index in [1.165, 1.54) is 12.1 Å². The van der Waals surface area contributed by atoms with Crippen molar-refractivity contribution in [2.24, 2.45) is 11.3 Å². The lowest BCUT2D eigenvalue weighted by atomic mass is 9.85. The molecule has 2 aliphatic heterocycles. The molecule has 56 heavy (non-hydrogen) atoms. The highest BCUT2D eigenvalue weighted by Crippen LogP contribution is 2.46. The van der Waals surface area contributed by atoms with E-state index in [1.54, 1.807) is 41.5 Å². The zero-order valence-corrected chi connectivity index (χ0v) is 33.2. The van der Waals surface area contributed by atoms with Crippen LogP contribution >= 0.6 is 0 Å². The third kappa shape index (κ3) is 9.87. The van der Waals surface area contributed by atoms with E-state index in [2.05, 4.69) is 27.3 Å². The number of rotatable bonds is 11. The maximum atomic E-state index is 14.4. The van der Waals surface area contributed by atoms with Crippen molar-refractivity contribution < 1.29 is 55.0 Å². The highest BCUT2D eigenvalue weighted by Gasteiger charge is 2.62. The van der Waals surface area contributed by atoms with Gasteiger partial charge in [0, 0.05) is 25.4 Å². The monoisotopic (exact) mass is 812 g/mol. The molecule has 4 N–H and O–H groups in total. The highest BCUT2D eigenvalue weighted by molar-refractivity contribution is 7.91. The Morgan fingerprint density at radius 2 is 1.64 bits per heavy atom. The molecule has 5 amide bonds. The molecule has 5 rings (SSSR count). The van der Waals surface area contributed by atoms with Gasteiger partial charge in [-0.05, 0) is 76.5 Å². The summed E-state index contributed by atoms with van der Waals surface area (Å²) in [5.74, 6) is -3.22. The molecule has 0 spiro atoms. The molecule has 4 aliphatic rings. The Morgan fingerprint density at radius 1 is 1.00 bits per heavy atom. The molecule has 0 aromatic heterocycles. The number of alkyl carbamates (subject to hydrolysis) is 1. The van der Waals surface area contributed by atoms with Gasteiger partial charge < -0.3 is 29.9 Å². The summed E-state index contributed by atoms with van der Waals surface area (Å²) in [6, 6.07) is 0.327. The first-order valence-corrected chi connectivity index (χ1v) is 20.1. The van der Waals surface area contributed by atoms with E-state index in [0.717, 1.165) is 29.9 Å². The van der Waals surface area contributed by atoms with E-state index in [1.807, 2.05) is 4.90 Å². The smallest absolute Gasteiger partial charge is 0.416 e. The molecule has 15 nitrogen and oxygen atoms in total. The van der Waals surface area contributed by atoms with Crippen LogP contribution in [0, 0.1) is 11.3 Å². The summed E-state index contributed by atoms with van der Waals surface area (Å²) in [4.78, 5) is 71.2. The van der Waals surface area contributed by atoms with Gasteiger partial charge in [-0.3, -0.25) is 24.4 Å². The number of carbonyl (C=O) groups is 5. The van der Waals surface area contributed by atoms with Gasteiger partial charge in [-0.25, -0.2) is 18.0 Å². The molecular formula is C37H51F3N6O9S. The number of benzene rings is 1. The molecule has 1 aromatic carbocycles. The van der Waals surface area contributed by atoms with E-state index < -0.39 is 97.6 Å². The fourth-order valence-corrected chi connectivity index (χ4v) is 8.33. The van der Waals surface area contributed by atoms with Crippen molar-refractivity contribution in [2.75, 3.05) is 29.9 Å². The zero-order valence-electron chi connectivity index (χ0n) is 32.4. The number of alkyl halides is 3. The van der Waals surface area contributed by atoms with Gasteiger partial charge in [0.25, 0.3) is 5.91 Å². The Hall–Kier alpha value is -4.55. The largest absolute Gasteiger partial charge is 0.444 e. The standard InChI is InChI=1S/C37H51F3N6O9S/c1-8-21-19-36(21,31(49)44-56(52,53)24-12-13-24)43-29(47)27-18-23(20-46(27)30(48)28(34(2,3)4)42-33(51)55-35(5,6)7)54-32(50)41-25-17-22(37(38,39)40)11-14-26(25)45-15-9-10-16-45/h8,11,14,17,21,23-24,27-28H,1,9-10,12-13,15-16,18-20H2,2-7H3,(H,41,50)(H,42,51)(H,43,47)(H,44,49). The number of anilines is 2. The van der Waals surface area contributed by atoms with Gasteiger partial charge in [-0.15, -0.1) is 6.58 Å². The number of carbonyl (C=O) groups excluding carboxylic acids is 5. The van der Waals surface area contributed by atoms with E-state index in [0.29, 0.717) is 31.6 Å². The molecule has 0 radical (unpaired) electrons. The zero-order chi connectivity index (χ0) is 41.6. The lowest BCUT2D eigenvalue weighted by molar-refractivity contribution is -0.143. The summed E-state index contributed by atoms with van der Waals surface area (Å²) in [5.41, 5.74) is -4.33. The van der Waals surface area contributed by atoms with Gasteiger partial charge in [0.1, 0.15) is 29.3 Å². The minimum Gasteiger partial charge on any atom is -0.444 e. The number of nitrogens with zero attached hydrogens (tertiary/aromatic N) is 2. The average molecular weight is 813 g/mol. The van der Waals surface area contributed by atoms with Crippen molar-refractivity contribution in [1.82, 2.24) is 20.3 Å². The highest BCUT2D eigenvalue weighted by atomic mass is 32.2. The lowest BCUT2D eigenvalue weighted by Crippen LogP contribution is -2.60. The van der Waals surface area contributed by atoms with Crippen molar-refractivity contribution in [3.63, 3.8) is 0 Å². The molecular weight excluding hydrogens is 762 g/mol. The number of halogens is 3. The SMILES string of the molecule is C=CC1CC1(NC(=O)C1CC(OC(=O)Nc2cc(C(F)(F)F)ccc2N2CCCC2)CN1C(=O)C(NC(=O)OC(C)(C)C)C(C)(C)C)C(=O)NS(=O)(=O)C1CC1. The molecule has 4 fully saturated rings. The van der Waals surface area contributed by atoms with Crippen LogP contribution in [-0.2, 0) is 40.1 Å². The number of ether oxygens (including phenoxy) is 2. The number of sulfonamides is 1. The van der Waals surface area contributed by atoms with Crippen molar-refractivity contribution in [2.45, 2.75) is 121 Å². The van der Waals surface area contributed by atoms with Crippen molar-refractivity contribution in [3.05, 3.63) is 36.4 Å². The lowest BCUT2D eigenvalue weighted by Gasteiger charge is -2.36. The van der Waals surface area contributed by atoms with Gasteiger partial charge in [-0.2, -0.15) is 13.2 Å². The molecule has 2 aliphatic carbocycles. The van der Waals surface area contributed by atoms with Crippen LogP contribution in [0.2, 0.25) is 0 Å². The predicted molar refractivity (Wildman–Crippen MR) is 199 cm³/mol. The van der Waals surface area contributed by atoms with Crippen LogP contribution in [0.25, 0.3) is 0 Å². The van der Waals surface area contributed by atoms with Crippen LogP contribution in [0.5, 0.6) is 0 Å². The van der Waals surface area contributed by atoms with Crippen LogP contribution in [0.15, 0.2) is 30.9 Å². The van der Waals surface area contributed by atoms with Crippen LogP contribution in [0.4, 0.5) is 34.1 Å². The number of nitrogens with one attached hydrogen (secondary N) is 4. The second-order valence-electron chi connectivity index (χ2n) is 16.9. The normalized spacial score (nSPS) is 24.5. The number of likely N-dealkylation sites (tertiary alicyclic amines) is 1. The Bertz CT molecular complexity index is 1850. The summed E-state index contributed by atoms with van der Waals surface area (Å²) in [7, 11) is -3.99. The van der Waals surface area contributed by atoms with E-state index in [4.69, 9.17) is 9.47 Å². The average Bonchev–Trinajstić information content (AvgIpc) is 3.94.